The third-order valence-electron chi connectivity index (χ3n) is 16.2. The molecule has 7 unspecified atom stereocenters. The van der Waals surface area contributed by atoms with Gasteiger partial charge in [0.15, 0.2) is 18.9 Å². The second-order valence-electron chi connectivity index (χ2n) is 21.8. The summed E-state index contributed by atoms with van der Waals surface area (Å²) in [6.07, 6.45) is -16.8. The molecule has 4 saturated heterocycles. The van der Waals surface area contributed by atoms with Crippen LogP contribution in [0.15, 0.2) is 79.1 Å². The third-order valence-corrected chi connectivity index (χ3v) is 16.2. The number of ether oxygens (including phenoxy) is 7. The van der Waals surface area contributed by atoms with E-state index in [9.17, 15) is 30.6 Å². The zero-order valence-corrected chi connectivity index (χ0v) is 45.1. The second kappa shape index (κ2) is 25.8. The van der Waals surface area contributed by atoms with Crippen LogP contribution in [0.5, 0.6) is 5.75 Å². The molecule has 19 N–H and O–H groups in total. The summed E-state index contributed by atoms with van der Waals surface area (Å²) in [4.78, 5) is 13.1. The van der Waals surface area contributed by atoms with Gasteiger partial charge in [0.1, 0.15) is 96.7 Å². The van der Waals surface area contributed by atoms with Crippen LogP contribution in [-0.2, 0) is 41.5 Å². The minimum absolute atomic E-state index is 0. The van der Waals surface area contributed by atoms with Crippen LogP contribution in [0.1, 0.15) is 13.8 Å². The number of imidazole rings is 1. The van der Waals surface area contributed by atoms with Crippen molar-refractivity contribution in [3.8, 4) is 39.7 Å². The number of nitrogens with one attached hydrogen (secondary N) is 1. The molecular formula is C54H78N16O13. The molecule has 0 spiro atoms. The van der Waals surface area contributed by atoms with E-state index in [1.807, 2.05) is 54.7 Å². The summed E-state index contributed by atoms with van der Waals surface area (Å²) in [5.41, 5.74) is 43.8. The number of anilines is 1. The fraction of sp³-hybridized carbons (Fsp3) is 0.574. The van der Waals surface area contributed by atoms with Crippen LogP contribution >= 0.6 is 0 Å². The monoisotopic (exact) mass is 1160 g/mol. The van der Waals surface area contributed by atoms with Crippen molar-refractivity contribution in [3.63, 3.8) is 0 Å². The molecule has 83 heavy (non-hydrogen) atoms. The molecule has 5 aliphatic rings. The first kappa shape index (κ1) is 60.4. The zero-order chi connectivity index (χ0) is 57.5. The van der Waals surface area contributed by atoms with E-state index in [2.05, 4.69) is 60.7 Å². The molecule has 4 aliphatic heterocycles. The number of H-pyrrole nitrogens is 1. The van der Waals surface area contributed by atoms with Gasteiger partial charge in [0.2, 0.25) is 0 Å². The molecule has 1 saturated carbocycles. The van der Waals surface area contributed by atoms with Crippen LogP contribution in [0.4, 0.5) is 5.69 Å². The number of aromatic nitrogens is 8. The fourth-order valence-electron chi connectivity index (χ4n) is 11.2. The average Bonchev–Trinajstić information content (AvgIpc) is 4.35. The van der Waals surface area contributed by atoms with E-state index in [0.29, 0.717) is 35.9 Å². The SMILES string of the molecule is C.CN1CCN(c2ccc3nc(-c4ccc(OCCn5cc(-c6ccc(-c7cn(C[C@H]8OC(O[C@@H]9C(O)[C@H](N)CC(N)[C@H]9O[C@H]9OC(CN)[C@@H](O)[C@H](O)C9N)[C@@H](O)[C@H]8O[C@H]8O[C@@H](CN)[C@@H](O)C(O)C8N)nn7)cc6)nn5)cc4)[nH]c3c2)CC1. The average molecular weight is 1160 g/mol. The summed E-state index contributed by atoms with van der Waals surface area (Å²) in [5.74, 6) is 1.50. The Kier molecular flexibility index (Phi) is 18.8. The molecular weight excluding hydrogens is 1080 g/mol. The summed E-state index contributed by atoms with van der Waals surface area (Å²) >= 11 is 0. The third kappa shape index (κ3) is 12.8. The first-order chi connectivity index (χ1) is 39.5. The number of aliphatic hydroxyl groups excluding tert-OH is 6. The number of hydrogen-bond donors (Lipinski definition) is 13. The summed E-state index contributed by atoms with van der Waals surface area (Å²) in [6, 6.07) is 17.3. The first-order valence-corrected chi connectivity index (χ1v) is 27.5. The van der Waals surface area contributed by atoms with Gasteiger partial charge in [-0.15, -0.1) is 10.2 Å². The lowest BCUT2D eigenvalue weighted by atomic mass is 9.84. The fourth-order valence-corrected chi connectivity index (χ4v) is 11.2. The molecule has 3 aromatic carbocycles. The minimum atomic E-state index is -1.65. The summed E-state index contributed by atoms with van der Waals surface area (Å²) in [6.45, 7) is 4.41. The molecule has 11 rings (SSSR count). The molecule has 29 heteroatoms. The van der Waals surface area contributed by atoms with Crippen molar-refractivity contribution in [3.05, 3.63) is 79.1 Å². The lowest BCUT2D eigenvalue weighted by molar-refractivity contribution is -0.306. The van der Waals surface area contributed by atoms with Gasteiger partial charge >= 0.3 is 0 Å². The van der Waals surface area contributed by atoms with Crippen LogP contribution in [0.25, 0.3) is 44.9 Å². The maximum absolute atomic E-state index is 12.0. The molecule has 19 atom stereocenters. The topological polar surface area (TPSA) is 439 Å². The Hall–Kier alpha value is -5.75. The van der Waals surface area contributed by atoms with E-state index in [4.69, 9.17) is 72.5 Å². The number of nitrogens with two attached hydrogens (primary N) is 6. The van der Waals surface area contributed by atoms with Crippen LogP contribution in [-0.4, -0.2) is 245 Å². The predicted molar refractivity (Wildman–Crippen MR) is 299 cm³/mol. The van der Waals surface area contributed by atoms with Gasteiger partial charge in [-0.3, -0.25) is 0 Å². The summed E-state index contributed by atoms with van der Waals surface area (Å²) < 4.78 is 46.1. The zero-order valence-electron chi connectivity index (χ0n) is 45.1. The van der Waals surface area contributed by atoms with Crippen molar-refractivity contribution in [1.82, 2.24) is 44.9 Å². The summed E-state index contributed by atoms with van der Waals surface area (Å²) in [5, 5.41) is 83.5. The smallest absolute Gasteiger partial charge is 0.187 e. The highest BCUT2D eigenvalue weighted by atomic mass is 16.8. The number of aliphatic hydroxyl groups is 6. The largest absolute Gasteiger partial charge is 0.492 e. The number of benzene rings is 3. The standard InChI is InChI=1S/C53H74N16O13.CH4/c1-66-12-14-67(15-13-66)28-8-11-32-33(18-28)61-50(60-32)27-6-9-29(10-7-27)76-17-16-68-22-34(62-64-68)25-2-4-26(5-3-25)35-23-69(65-63-35)24-38-48(81-52-40(59)45(74)43(72)37(21-55)78-52)46(75)53(79-38)82-49-41(70)30(56)19-31(57)47(49)80-51-39(58)44(73)42(71)36(20-54)77-51;/h2-11,18,22-23,30-31,36-49,51-53,70-75H,12-17,19-21,24,54-59H2,1H3,(H,60,61);1H4/t30-,31?,36?,37+,38-,39?,40?,41?,42-,43-,44-,45?,46+,47-,48+,49-,51-,52-,53?;/m1./s1. The van der Waals surface area contributed by atoms with Crippen molar-refractivity contribution in [2.24, 2.45) is 34.4 Å². The van der Waals surface area contributed by atoms with Gasteiger partial charge < -0.3 is 113 Å². The van der Waals surface area contributed by atoms with E-state index in [0.717, 1.165) is 54.2 Å². The molecule has 6 aromatic rings. The normalized spacial score (nSPS) is 34.3. The molecule has 0 radical (unpaired) electrons. The van der Waals surface area contributed by atoms with Crippen molar-refractivity contribution >= 4 is 16.7 Å². The highest BCUT2D eigenvalue weighted by Crippen LogP contribution is 2.36. The van der Waals surface area contributed by atoms with Crippen molar-refractivity contribution in [2.75, 3.05) is 57.8 Å². The predicted octanol–water partition coefficient (Wildman–Crippen LogP) is -3.66. The lowest BCUT2D eigenvalue weighted by Gasteiger charge is -2.47. The van der Waals surface area contributed by atoms with Gasteiger partial charge in [-0.25, -0.2) is 14.3 Å². The highest BCUT2D eigenvalue weighted by molar-refractivity contribution is 5.83. The molecule has 29 nitrogen and oxygen atoms in total. The maximum atomic E-state index is 12.0. The van der Waals surface area contributed by atoms with Crippen LogP contribution in [0, 0.1) is 0 Å². The van der Waals surface area contributed by atoms with E-state index in [1.54, 1.807) is 10.9 Å². The van der Waals surface area contributed by atoms with Crippen LogP contribution in [0.2, 0.25) is 0 Å². The van der Waals surface area contributed by atoms with E-state index >= 15 is 0 Å². The van der Waals surface area contributed by atoms with Gasteiger partial charge in [-0.1, -0.05) is 42.1 Å². The minimum Gasteiger partial charge on any atom is -0.492 e. The first-order valence-electron chi connectivity index (χ1n) is 27.5. The Morgan fingerprint density at radius 2 is 1.16 bits per heavy atom. The van der Waals surface area contributed by atoms with E-state index < -0.39 is 116 Å². The van der Waals surface area contributed by atoms with E-state index in [-0.39, 0.29) is 33.5 Å². The van der Waals surface area contributed by atoms with Crippen molar-refractivity contribution in [2.45, 2.75) is 143 Å². The quantitative estimate of drug-likeness (QED) is 0.0394. The van der Waals surface area contributed by atoms with E-state index in [1.165, 1.54) is 10.4 Å². The van der Waals surface area contributed by atoms with Gasteiger partial charge in [-0.05, 0) is 55.9 Å². The van der Waals surface area contributed by atoms with Crippen LogP contribution < -0.4 is 44.0 Å². The Balaban J connectivity index is 0.00000769. The molecule has 0 bridgehead atoms. The van der Waals surface area contributed by atoms with Crippen molar-refractivity contribution in [1.29, 1.82) is 0 Å². The maximum Gasteiger partial charge on any atom is 0.187 e. The number of hydrogen-bond acceptors (Lipinski definition) is 26. The molecule has 0 amide bonds. The van der Waals surface area contributed by atoms with Crippen LogP contribution in [0.3, 0.4) is 0 Å². The highest BCUT2D eigenvalue weighted by Gasteiger charge is 2.55. The Bertz CT molecular complexity index is 3040. The number of rotatable bonds is 18. The van der Waals surface area contributed by atoms with Gasteiger partial charge in [0.25, 0.3) is 0 Å². The Morgan fingerprint density at radius 1 is 0.602 bits per heavy atom. The Labute approximate surface area is 478 Å². The number of nitrogens with zero attached hydrogens (tertiary/aromatic N) is 9. The number of aromatic amines is 1. The molecule has 452 valence electrons. The Morgan fingerprint density at radius 3 is 1.77 bits per heavy atom. The number of piperazine rings is 1. The molecule has 1 aliphatic carbocycles. The van der Waals surface area contributed by atoms with Gasteiger partial charge in [0.05, 0.1) is 54.7 Å². The molecule has 3 aromatic heterocycles. The molecule has 5 fully saturated rings. The lowest BCUT2D eigenvalue weighted by Crippen LogP contribution is -2.68. The number of likely N-dealkylation sites (N-methyl/N-ethyl adjacent to an activating group) is 1. The number of fused-ring (bicyclic) bond motifs is 1. The summed E-state index contributed by atoms with van der Waals surface area (Å²) in [7, 11) is 2.15. The van der Waals surface area contributed by atoms with Crippen molar-refractivity contribution < 1.29 is 63.8 Å². The van der Waals surface area contributed by atoms with Gasteiger partial charge in [-0.2, -0.15) is 0 Å². The second-order valence-corrected chi connectivity index (χ2v) is 21.8. The van der Waals surface area contributed by atoms with Gasteiger partial charge in [0, 0.05) is 73.7 Å². The molecule has 7 heterocycles.